The van der Waals surface area contributed by atoms with Crippen molar-refractivity contribution in [1.29, 1.82) is 0 Å². The van der Waals surface area contributed by atoms with Crippen LogP contribution in [0.15, 0.2) is 24.3 Å². The molecule has 1 amide bonds. The second-order valence-corrected chi connectivity index (χ2v) is 22.9. The van der Waals surface area contributed by atoms with E-state index in [0.717, 1.165) is 38.5 Å². The maximum absolute atomic E-state index is 13.0. The number of amides is 1. The van der Waals surface area contributed by atoms with Crippen molar-refractivity contribution >= 4 is 5.91 Å². The van der Waals surface area contributed by atoms with Gasteiger partial charge in [0.05, 0.1) is 25.4 Å². The lowest BCUT2D eigenvalue weighted by atomic mass is 9.99. The predicted octanol–water partition coefficient (Wildman–Crippen LogP) is 16.9. The summed E-state index contributed by atoms with van der Waals surface area (Å²) in [4.78, 5) is 13.0. The largest absolute Gasteiger partial charge is 0.394 e. The summed E-state index contributed by atoms with van der Waals surface area (Å²) >= 11 is 0. The van der Waals surface area contributed by atoms with Gasteiger partial charge in [-0.1, -0.05) is 314 Å². The fraction of sp³-hybridized carbons (Fsp3) is 0.923. The summed E-state index contributed by atoms with van der Waals surface area (Å²) in [5.41, 5.74) is 0. The zero-order chi connectivity index (χ0) is 53.6. The van der Waals surface area contributed by atoms with E-state index in [1.807, 2.05) is 6.08 Å². The van der Waals surface area contributed by atoms with Crippen LogP contribution in [0, 0.1) is 0 Å². The third-order valence-electron chi connectivity index (χ3n) is 15.8. The standard InChI is InChI=1S/C65H125NO8/c1-3-5-7-9-11-13-15-17-18-19-20-21-22-23-24-25-26-27-28-29-30-31-32-33-34-35-36-37-38-39-40-41-43-45-47-49-51-53-55-61(69)66-58(57-73-65-64(72)63(71)62(70)60(56-67)74-65)59(68)54-52-50-48-46-44-42-16-14-12-10-8-6-4-2/h44,46,52,54,58-60,62-65,67-68,70-72H,3-43,45,47-51,53,55-57H2,1-2H3,(H,66,69)/b46-44+,54-52+. The van der Waals surface area contributed by atoms with Crippen molar-refractivity contribution in [2.24, 2.45) is 0 Å². The molecule has 438 valence electrons. The fourth-order valence-corrected chi connectivity index (χ4v) is 10.6. The molecule has 1 saturated heterocycles. The van der Waals surface area contributed by atoms with Crippen molar-refractivity contribution in [2.45, 2.75) is 371 Å². The van der Waals surface area contributed by atoms with Gasteiger partial charge in [0.1, 0.15) is 24.4 Å². The number of allylic oxidation sites excluding steroid dienone is 3. The molecular weight excluding hydrogens is 923 g/mol. The van der Waals surface area contributed by atoms with E-state index >= 15 is 0 Å². The summed E-state index contributed by atoms with van der Waals surface area (Å²) in [6.07, 6.45) is 64.5. The van der Waals surface area contributed by atoms with Gasteiger partial charge < -0.3 is 40.3 Å². The van der Waals surface area contributed by atoms with Gasteiger partial charge in [-0.15, -0.1) is 0 Å². The summed E-state index contributed by atoms with van der Waals surface area (Å²) in [6, 6.07) is -0.818. The van der Waals surface area contributed by atoms with Crippen LogP contribution in [-0.4, -0.2) is 87.5 Å². The predicted molar refractivity (Wildman–Crippen MR) is 314 cm³/mol. The van der Waals surface area contributed by atoms with E-state index in [1.54, 1.807) is 6.08 Å². The zero-order valence-electron chi connectivity index (χ0n) is 48.9. The Bertz CT molecular complexity index is 1210. The van der Waals surface area contributed by atoms with E-state index in [2.05, 4.69) is 31.3 Å². The van der Waals surface area contributed by atoms with Gasteiger partial charge in [-0.2, -0.15) is 0 Å². The maximum Gasteiger partial charge on any atom is 0.220 e. The zero-order valence-corrected chi connectivity index (χ0v) is 48.9. The Morgan fingerprint density at radius 3 is 1.14 bits per heavy atom. The van der Waals surface area contributed by atoms with Crippen LogP contribution < -0.4 is 5.32 Å². The molecule has 0 saturated carbocycles. The first-order chi connectivity index (χ1) is 36.3. The molecule has 0 spiro atoms. The lowest BCUT2D eigenvalue weighted by Crippen LogP contribution is -2.60. The lowest BCUT2D eigenvalue weighted by Gasteiger charge is -2.40. The van der Waals surface area contributed by atoms with Crippen LogP contribution >= 0.6 is 0 Å². The Labute approximate surface area is 458 Å². The second kappa shape index (κ2) is 55.0. The van der Waals surface area contributed by atoms with Crippen molar-refractivity contribution in [1.82, 2.24) is 5.32 Å². The number of carbonyl (C=O) groups is 1. The third kappa shape index (κ3) is 43.6. The SMILES string of the molecule is CCCCCCCCC/C=C/CC/C=C/C(O)C(COC1OC(CO)C(O)C(O)C1O)NC(=O)CCCCCCCCCCCCCCCCCCCCCCCCCCCCCCCCCCCCCCCC. The van der Waals surface area contributed by atoms with Gasteiger partial charge >= 0.3 is 0 Å². The van der Waals surface area contributed by atoms with Gasteiger partial charge in [-0.3, -0.25) is 4.79 Å². The summed E-state index contributed by atoms with van der Waals surface area (Å²) in [6.45, 7) is 3.78. The van der Waals surface area contributed by atoms with Crippen LogP contribution in [0.4, 0.5) is 0 Å². The highest BCUT2D eigenvalue weighted by Crippen LogP contribution is 2.23. The molecule has 0 aromatic rings. The Balaban J connectivity index is 2.02. The Kier molecular flexibility index (Phi) is 52.5. The molecule has 9 heteroatoms. The van der Waals surface area contributed by atoms with Gasteiger partial charge in [-0.25, -0.2) is 0 Å². The van der Waals surface area contributed by atoms with Gasteiger partial charge in [0, 0.05) is 6.42 Å². The average Bonchev–Trinajstić information content (AvgIpc) is 3.40. The number of rotatable bonds is 57. The van der Waals surface area contributed by atoms with Crippen LogP contribution in [0.25, 0.3) is 0 Å². The van der Waals surface area contributed by atoms with Crippen molar-refractivity contribution in [3.63, 3.8) is 0 Å². The van der Waals surface area contributed by atoms with Gasteiger partial charge in [0.25, 0.3) is 0 Å². The quantitative estimate of drug-likeness (QED) is 0.0261. The number of carbonyl (C=O) groups excluding carboxylic acids is 1. The molecule has 1 aliphatic rings. The van der Waals surface area contributed by atoms with E-state index in [0.29, 0.717) is 6.42 Å². The Morgan fingerprint density at radius 2 is 0.770 bits per heavy atom. The van der Waals surface area contributed by atoms with Crippen LogP contribution in [0.5, 0.6) is 0 Å². The van der Waals surface area contributed by atoms with Crippen molar-refractivity contribution < 1.29 is 39.8 Å². The van der Waals surface area contributed by atoms with E-state index in [4.69, 9.17) is 9.47 Å². The summed E-state index contributed by atoms with van der Waals surface area (Å²) in [7, 11) is 0. The first-order valence-corrected chi connectivity index (χ1v) is 32.6. The van der Waals surface area contributed by atoms with Crippen LogP contribution in [0.2, 0.25) is 0 Å². The molecule has 6 N–H and O–H groups in total. The topological polar surface area (TPSA) is 149 Å². The lowest BCUT2D eigenvalue weighted by molar-refractivity contribution is -0.302. The molecule has 1 fully saturated rings. The molecule has 0 bridgehead atoms. The van der Waals surface area contributed by atoms with Crippen LogP contribution in [-0.2, 0) is 14.3 Å². The fourth-order valence-electron chi connectivity index (χ4n) is 10.6. The molecular formula is C65H125NO8. The molecule has 0 aliphatic carbocycles. The van der Waals surface area contributed by atoms with Crippen molar-refractivity contribution in [3.8, 4) is 0 Å². The highest BCUT2D eigenvalue weighted by Gasteiger charge is 2.44. The molecule has 74 heavy (non-hydrogen) atoms. The minimum absolute atomic E-state index is 0.181. The van der Waals surface area contributed by atoms with Gasteiger partial charge in [-0.05, 0) is 32.1 Å². The molecule has 1 heterocycles. The molecule has 9 nitrogen and oxygen atoms in total. The maximum atomic E-state index is 13.0. The minimum Gasteiger partial charge on any atom is -0.394 e. The Morgan fingerprint density at radius 1 is 0.446 bits per heavy atom. The summed E-state index contributed by atoms with van der Waals surface area (Å²) < 4.78 is 11.2. The summed E-state index contributed by atoms with van der Waals surface area (Å²) in [5, 5.41) is 54.4. The van der Waals surface area contributed by atoms with Crippen molar-refractivity contribution in [2.75, 3.05) is 13.2 Å². The normalized spacial score (nSPS) is 19.0. The van der Waals surface area contributed by atoms with Crippen molar-refractivity contribution in [3.05, 3.63) is 24.3 Å². The number of unbranched alkanes of at least 4 members (excludes halogenated alkanes) is 45. The number of hydrogen-bond donors (Lipinski definition) is 6. The van der Waals surface area contributed by atoms with Gasteiger partial charge in [0.15, 0.2) is 6.29 Å². The number of ether oxygens (including phenoxy) is 2. The van der Waals surface area contributed by atoms with Crippen LogP contribution in [0.3, 0.4) is 0 Å². The second-order valence-electron chi connectivity index (χ2n) is 22.9. The number of hydrogen-bond acceptors (Lipinski definition) is 8. The molecule has 7 unspecified atom stereocenters. The monoisotopic (exact) mass is 1050 g/mol. The summed E-state index contributed by atoms with van der Waals surface area (Å²) in [5.74, 6) is -0.181. The third-order valence-corrected chi connectivity index (χ3v) is 15.8. The molecule has 1 rings (SSSR count). The van der Waals surface area contributed by atoms with E-state index < -0.39 is 49.5 Å². The minimum atomic E-state index is -1.57. The van der Waals surface area contributed by atoms with Crippen LogP contribution in [0.1, 0.15) is 328 Å². The van der Waals surface area contributed by atoms with E-state index in [-0.39, 0.29) is 12.5 Å². The first kappa shape index (κ1) is 70.7. The molecule has 0 aromatic heterocycles. The smallest absolute Gasteiger partial charge is 0.220 e. The first-order valence-electron chi connectivity index (χ1n) is 32.6. The Hall–Kier alpha value is -1.33. The van der Waals surface area contributed by atoms with E-state index in [9.17, 15) is 30.3 Å². The number of aliphatic hydroxyl groups excluding tert-OH is 5. The molecule has 0 aromatic carbocycles. The molecule has 7 atom stereocenters. The number of nitrogens with one attached hydrogen (secondary N) is 1. The number of aliphatic hydroxyl groups is 5. The van der Waals surface area contributed by atoms with Gasteiger partial charge in [0.2, 0.25) is 5.91 Å². The molecule has 1 aliphatic heterocycles. The average molecular weight is 1050 g/mol. The highest BCUT2D eigenvalue weighted by atomic mass is 16.7. The van der Waals surface area contributed by atoms with E-state index in [1.165, 1.54) is 270 Å². The highest BCUT2D eigenvalue weighted by molar-refractivity contribution is 5.76. The molecule has 0 radical (unpaired) electrons.